The van der Waals surface area contributed by atoms with Gasteiger partial charge in [-0.1, -0.05) is 29.8 Å². The van der Waals surface area contributed by atoms with Gasteiger partial charge in [0.1, 0.15) is 5.69 Å². The number of anilines is 1. The monoisotopic (exact) mass is 358 g/mol. The fourth-order valence-corrected chi connectivity index (χ4v) is 4.16. The van der Waals surface area contributed by atoms with E-state index in [-0.39, 0.29) is 5.91 Å². The van der Waals surface area contributed by atoms with Gasteiger partial charge in [0.05, 0.1) is 16.4 Å². The fraction of sp³-hybridized carbons (Fsp3) is 0.235. The highest BCUT2D eigenvalue weighted by Crippen LogP contribution is 2.31. The molecule has 0 unspecified atom stereocenters. The Morgan fingerprint density at radius 2 is 2.17 bits per heavy atom. The molecule has 0 atom stereocenters. The van der Waals surface area contributed by atoms with Crippen LogP contribution in [0.25, 0.3) is 11.3 Å². The highest BCUT2D eigenvalue weighted by Gasteiger charge is 2.20. The van der Waals surface area contributed by atoms with E-state index in [2.05, 4.69) is 15.4 Å². The fourth-order valence-electron chi connectivity index (χ4n) is 2.89. The topological polar surface area (TPSA) is 59.8 Å². The van der Waals surface area contributed by atoms with Gasteiger partial charge in [0, 0.05) is 17.5 Å². The second-order valence-corrected chi connectivity index (χ2v) is 7.21. The lowest BCUT2D eigenvalue weighted by Gasteiger charge is -2.01. The van der Waals surface area contributed by atoms with E-state index < -0.39 is 0 Å². The molecule has 0 aliphatic heterocycles. The molecule has 1 N–H and O–H groups in total. The van der Waals surface area contributed by atoms with E-state index in [0.29, 0.717) is 21.5 Å². The minimum Gasteiger partial charge on any atom is -0.296 e. The summed E-state index contributed by atoms with van der Waals surface area (Å²) in [5.41, 5.74) is 3.08. The minimum atomic E-state index is -0.212. The molecule has 24 heavy (non-hydrogen) atoms. The summed E-state index contributed by atoms with van der Waals surface area (Å²) < 4.78 is 1.56. The number of hydrogen-bond acceptors (Lipinski definition) is 4. The van der Waals surface area contributed by atoms with Crippen molar-refractivity contribution in [1.82, 2.24) is 14.8 Å². The standard InChI is InChI=1S/C17H15ClN4OS/c1-22-14(9-13(21-22)10-5-2-3-6-11(10)18)16(23)20-17-19-12-7-4-8-15(12)24-17/h2-3,5-6,9H,4,7-8H2,1H3,(H,19,20,23). The van der Waals surface area contributed by atoms with Crippen LogP contribution in [0, 0.1) is 0 Å². The first kappa shape index (κ1) is 15.4. The van der Waals surface area contributed by atoms with Crippen molar-refractivity contribution in [2.45, 2.75) is 19.3 Å². The SMILES string of the molecule is Cn1nc(-c2ccccc2Cl)cc1C(=O)Nc1nc2c(s1)CCC2. The third-order valence-electron chi connectivity index (χ3n) is 4.08. The zero-order chi connectivity index (χ0) is 16.7. The molecule has 122 valence electrons. The number of hydrogen-bond donors (Lipinski definition) is 1. The van der Waals surface area contributed by atoms with Gasteiger partial charge in [0.2, 0.25) is 0 Å². The second-order valence-electron chi connectivity index (χ2n) is 5.71. The summed E-state index contributed by atoms with van der Waals surface area (Å²) in [4.78, 5) is 18.3. The Morgan fingerprint density at radius 3 is 2.96 bits per heavy atom. The summed E-state index contributed by atoms with van der Waals surface area (Å²) in [6.07, 6.45) is 3.22. The number of nitrogens with one attached hydrogen (secondary N) is 1. The Labute approximate surface area is 148 Å². The Morgan fingerprint density at radius 1 is 1.33 bits per heavy atom. The van der Waals surface area contributed by atoms with Crippen LogP contribution >= 0.6 is 22.9 Å². The van der Waals surface area contributed by atoms with Gasteiger partial charge in [0.15, 0.2) is 5.13 Å². The lowest BCUT2D eigenvalue weighted by Crippen LogP contribution is -2.15. The maximum absolute atomic E-state index is 12.6. The number of amides is 1. The molecule has 1 aliphatic rings. The molecule has 0 saturated carbocycles. The molecule has 5 nitrogen and oxygen atoms in total. The van der Waals surface area contributed by atoms with Crippen LogP contribution in [-0.4, -0.2) is 20.7 Å². The highest BCUT2D eigenvalue weighted by molar-refractivity contribution is 7.16. The molecule has 0 fully saturated rings. The summed E-state index contributed by atoms with van der Waals surface area (Å²) in [5, 5.41) is 8.56. The average Bonchev–Trinajstić information content (AvgIpc) is 3.22. The van der Waals surface area contributed by atoms with Crippen molar-refractivity contribution in [3.63, 3.8) is 0 Å². The molecule has 2 heterocycles. The van der Waals surface area contributed by atoms with Crippen molar-refractivity contribution in [3.05, 3.63) is 51.6 Å². The Bertz CT molecular complexity index is 909. The molecule has 0 saturated heterocycles. The van der Waals surface area contributed by atoms with Crippen molar-refractivity contribution >= 4 is 34.0 Å². The third kappa shape index (κ3) is 2.72. The molecule has 3 aromatic rings. The first-order valence-electron chi connectivity index (χ1n) is 7.70. The van der Waals surface area contributed by atoms with Crippen LogP contribution in [0.5, 0.6) is 0 Å². The van der Waals surface area contributed by atoms with Gasteiger partial charge in [0.25, 0.3) is 5.91 Å². The van der Waals surface area contributed by atoms with Crippen molar-refractivity contribution in [2.24, 2.45) is 7.05 Å². The van der Waals surface area contributed by atoms with Crippen LogP contribution in [0.2, 0.25) is 5.02 Å². The number of aromatic nitrogens is 3. The number of fused-ring (bicyclic) bond motifs is 1. The number of thiazole rings is 1. The van der Waals surface area contributed by atoms with Crippen LogP contribution in [-0.2, 0) is 19.9 Å². The Hall–Kier alpha value is -2.18. The van der Waals surface area contributed by atoms with E-state index in [9.17, 15) is 4.79 Å². The normalized spacial score (nSPS) is 13.1. The predicted octanol–water partition coefficient (Wildman–Crippen LogP) is 3.94. The van der Waals surface area contributed by atoms with Crippen LogP contribution < -0.4 is 5.32 Å². The predicted molar refractivity (Wildman–Crippen MR) is 95.7 cm³/mol. The molecule has 1 aromatic carbocycles. The molecule has 0 bridgehead atoms. The molecule has 1 aliphatic carbocycles. The van der Waals surface area contributed by atoms with E-state index >= 15 is 0 Å². The summed E-state index contributed by atoms with van der Waals surface area (Å²) in [7, 11) is 1.75. The van der Waals surface area contributed by atoms with E-state index in [1.165, 1.54) is 4.88 Å². The quantitative estimate of drug-likeness (QED) is 0.771. The maximum atomic E-state index is 12.6. The van der Waals surface area contributed by atoms with E-state index in [4.69, 9.17) is 11.6 Å². The number of rotatable bonds is 3. The third-order valence-corrected chi connectivity index (χ3v) is 5.48. The van der Waals surface area contributed by atoms with E-state index in [0.717, 1.165) is 30.5 Å². The minimum absolute atomic E-state index is 0.212. The molecule has 0 radical (unpaired) electrons. The first-order valence-corrected chi connectivity index (χ1v) is 8.90. The van der Waals surface area contributed by atoms with Gasteiger partial charge < -0.3 is 0 Å². The summed E-state index contributed by atoms with van der Waals surface area (Å²) in [6, 6.07) is 9.20. The largest absolute Gasteiger partial charge is 0.296 e. The van der Waals surface area contributed by atoms with Crippen molar-refractivity contribution in [3.8, 4) is 11.3 Å². The van der Waals surface area contributed by atoms with E-state index in [1.54, 1.807) is 29.1 Å². The lowest BCUT2D eigenvalue weighted by atomic mass is 10.1. The number of nitrogens with zero attached hydrogens (tertiary/aromatic N) is 3. The highest BCUT2D eigenvalue weighted by atomic mass is 35.5. The molecule has 0 spiro atoms. The molecule has 4 rings (SSSR count). The first-order chi connectivity index (χ1) is 11.6. The number of halogens is 1. The van der Waals surface area contributed by atoms with Gasteiger partial charge in [-0.15, -0.1) is 11.3 Å². The van der Waals surface area contributed by atoms with Gasteiger partial charge in [-0.3, -0.25) is 14.8 Å². The second kappa shape index (κ2) is 6.03. The number of carbonyl (C=O) groups is 1. The number of carbonyl (C=O) groups excluding carboxylic acids is 1. The molecule has 7 heteroatoms. The van der Waals surface area contributed by atoms with Crippen molar-refractivity contribution in [1.29, 1.82) is 0 Å². The molecule has 2 aromatic heterocycles. The van der Waals surface area contributed by atoms with Gasteiger partial charge in [-0.2, -0.15) is 5.10 Å². The summed E-state index contributed by atoms with van der Waals surface area (Å²) in [5.74, 6) is -0.212. The van der Waals surface area contributed by atoms with Crippen molar-refractivity contribution in [2.75, 3.05) is 5.32 Å². The van der Waals surface area contributed by atoms with Gasteiger partial charge in [-0.25, -0.2) is 4.98 Å². The Balaban J connectivity index is 1.59. The van der Waals surface area contributed by atoms with Crippen LogP contribution in [0.4, 0.5) is 5.13 Å². The van der Waals surface area contributed by atoms with Crippen LogP contribution in [0.1, 0.15) is 27.5 Å². The summed E-state index contributed by atoms with van der Waals surface area (Å²) >= 11 is 7.78. The van der Waals surface area contributed by atoms with Gasteiger partial charge in [-0.05, 0) is 31.4 Å². The van der Waals surface area contributed by atoms with Crippen molar-refractivity contribution < 1.29 is 4.79 Å². The maximum Gasteiger partial charge on any atom is 0.275 e. The molecular formula is C17H15ClN4OS. The zero-order valence-electron chi connectivity index (χ0n) is 13.0. The summed E-state index contributed by atoms with van der Waals surface area (Å²) in [6.45, 7) is 0. The smallest absolute Gasteiger partial charge is 0.275 e. The van der Waals surface area contributed by atoms with E-state index in [1.807, 2.05) is 24.3 Å². The van der Waals surface area contributed by atoms with Gasteiger partial charge >= 0.3 is 0 Å². The lowest BCUT2D eigenvalue weighted by molar-refractivity contribution is 0.101. The average molecular weight is 359 g/mol. The zero-order valence-corrected chi connectivity index (χ0v) is 14.6. The van der Waals surface area contributed by atoms with Crippen LogP contribution in [0.15, 0.2) is 30.3 Å². The molecular weight excluding hydrogens is 344 g/mol. The number of aryl methyl sites for hydroxylation is 3. The number of benzene rings is 1. The van der Waals surface area contributed by atoms with Crippen LogP contribution in [0.3, 0.4) is 0 Å². The molecule has 1 amide bonds. The Kier molecular flexibility index (Phi) is 3.86.